The molecule has 3 heterocycles. The molecule has 0 radical (unpaired) electrons. The number of aryl methyl sites for hydroxylation is 1. The summed E-state index contributed by atoms with van der Waals surface area (Å²) in [6.45, 7) is 1.78. The van der Waals surface area contributed by atoms with Crippen LogP contribution in [0.15, 0.2) is 52.3 Å². The van der Waals surface area contributed by atoms with E-state index >= 15 is 0 Å². The van der Waals surface area contributed by atoms with Crippen molar-refractivity contribution >= 4 is 17.5 Å². The summed E-state index contributed by atoms with van der Waals surface area (Å²) in [5.41, 5.74) is 1.33. The van der Waals surface area contributed by atoms with E-state index in [1.807, 2.05) is 30.3 Å². The van der Waals surface area contributed by atoms with Crippen LogP contribution >= 0.6 is 0 Å². The van der Waals surface area contributed by atoms with E-state index in [-0.39, 0.29) is 29.5 Å². The van der Waals surface area contributed by atoms with Gasteiger partial charge >= 0.3 is 0 Å². The molecule has 1 amide bonds. The summed E-state index contributed by atoms with van der Waals surface area (Å²) in [6, 6.07) is 10.8. The predicted molar refractivity (Wildman–Crippen MR) is 96.8 cm³/mol. The van der Waals surface area contributed by atoms with Crippen molar-refractivity contribution < 1.29 is 18.8 Å². The summed E-state index contributed by atoms with van der Waals surface area (Å²) in [6.07, 6.45) is 3.50. The first-order valence-electron chi connectivity index (χ1n) is 9.42. The topological polar surface area (TPSA) is 72.6 Å². The third kappa shape index (κ3) is 2.43. The Bertz CT molecular complexity index is 946. The lowest BCUT2D eigenvalue weighted by Crippen LogP contribution is -2.39. The average molecular weight is 364 g/mol. The van der Waals surface area contributed by atoms with Crippen molar-refractivity contribution in [2.45, 2.75) is 44.8 Å². The molecule has 2 aliphatic heterocycles. The molecule has 3 atom stereocenters. The molecule has 0 saturated heterocycles. The summed E-state index contributed by atoms with van der Waals surface area (Å²) in [7, 11) is 0. The van der Waals surface area contributed by atoms with Gasteiger partial charge in [0.1, 0.15) is 11.9 Å². The second kappa shape index (κ2) is 6.08. The molecule has 1 saturated carbocycles. The number of ketones is 1. The van der Waals surface area contributed by atoms with Gasteiger partial charge in [-0.25, -0.2) is 0 Å². The molecule has 1 aliphatic carbocycles. The highest BCUT2D eigenvalue weighted by molar-refractivity contribution is 6.17. The van der Waals surface area contributed by atoms with Crippen LogP contribution in [-0.2, 0) is 14.3 Å². The minimum Gasteiger partial charge on any atom is -0.483 e. The molecule has 0 bridgehead atoms. The Morgan fingerprint density at radius 1 is 1.11 bits per heavy atom. The number of carbonyl (C=O) groups excluding carboxylic acids is 2. The Balaban J connectivity index is 1.66. The molecule has 138 valence electrons. The van der Waals surface area contributed by atoms with E-state index in [4.69, 9.17) is 9.26 Å². The van der Waals surface area contributed by atoms with E-state index < -0.39 is 6.04 Å². The quantitative estimate of drug-likeness (QED) is 0.816. The first kappa shape index (κ1) is 16.3. The predicted octanol–water partition coefficient (Wildman–Crippen LogP) is 3.48. The lowest BCUT2D eigenvalue weighted by atomic mass is 9.77. The van der Waals surface area contributed by atoms with Crippen LogP contribution in [-0.4, -0.2) is 23.0 Å². The van der Waals surface area contributed by atoms with Crippen LogP contribution < -0.4 is 4.90 Å². The Hall–Kier alpha value is -2.89. The largest absolute Gasteiger partial charge is 0.483 e. The zero-order chi connectivity index (χ0) is 18.5. The molecule has 3 unspecified atom stereocenters. The maximum absolute atomic E-state index is 13.4. The number of hydrogen-bond donors (Lipinski definition) is 0. The van der Waals surface area contributed by atoms with Gasteiger partial charge in [-0.1, -0.05) is 41.9 Å². The number of aromatic nitrogens is 1. The number of hydrogen-bond acceptors (Lipinski definition) is 5. The second-order valence-corrected chi connectivity index (χ2v) is 7.44. The van der Waals surface area contributed by atoms with Crippen LogP contribution in [0.2, 0.25) is 0 Å². The minimum absolute atomic E-state index is 0.0471. The lowest BCUT2D eigenvalue weighted by molar-refractivity contribution is -0.131. The number of carbonyl (C=O) groups is 2. The Morgan fingerprint density at radius 2 is 1.89 bits per heavy atom. The molecule has 6 nitrogen and oxygen atoms in total. The fraction of sp³-hybridized carbons (Fsp3) is 0.381. The molecular weight excluding hydrogens is 344 g/mol. The standard InChI is InChI=1S/C21H20N2O4/c1-12-11-16(22-27-12)23-18(13-7-3-2-4-8-13)17-19(24)14-9-5-6-10-15(14)26-20(17)21(23)25/h2-4,7-8,11,14-15,18H,5-6,9-10H2,1H3. The van der Waals surface area contributed by atoms with Crippen molar-refractivity contribution in [1.29, 1.82) is 0 Å². The first-order valence-corrected chi connectivity index (χ1v) is 9.42. The smallest absolute Gasteiger partial charge is 0.295 e. The van der Waals surface area contributed by atoms with E-state index in [0.29, 0.717) is 17.2 Å². The van der Waals surface area contributed by atoms with Crippen molar-refractivity contribution in [1.82, 2.24) is 5.16 Å². The van der Waals surface area contributed by atoms with Gasteiger partial charge < -0.3 is 9.26 Å². The molecule has 2 aromatic rings. The number of ether oxygens (including phenoxy) is 1. The van der Waals surface area contributed by atoms with Gasteiger partial charge in [-0.05, 0) is 31.7 Å². The van der Waals surface area contributed by atoms with Gasteiger partial charge in [0, 0.05) is 6.07 Å². The van der Waals surface area contributed by atoms with Crippen LogP contribution in [0.5, 0.6) is 0 Å². The Kier molecular flexibility index (Phi) is 3.67. The van der Waals surface area contributed by atoms with E-state index in [1.165, 1.54) is 4.90 Å². The van der Waals surface area contributed by atoms with Crippen LogP contribution in [0.25, 0.3) is 0 Å². The van der Waals surface area contributed by atoms with Gasteiger partial charge in [0.25, 0.3) is 5.91 Å². The highest BCUT2D eigenvalue weighted by Gasteiger charge is 2.52. The first-order chi connectivity index (χ1) is 13.1. The summed E-state index contributed by atoms with van der Waals surface area (Å²) >= 11 is 0. The van der Waals surface area contributed by atoms with Gasteiger partial charge in [0.2, 0.25) is 0 Å². The normalized spacial score (nSPS) is 27.4. The summed E-state index contributed by atoms with van der Waals surface area (Å²) in [4.78, 5) is 28.2. The van der Waals surface area contributed by atoms with E-state index in [1.54, 1.807) is 13.0 Å². The van der Waals surface area contributed by atoms with E-state index in [9.17, 15) is 9.59 Å². The Labute approximate surface area is 156 Å². The van der Waals surface area contributed by atoms with Crippen molar-refractivity contribution in [2.24, 2.45) is 5.92 Å². The average Bonchev–Trinajstić information content (AvgIpc) is 3.24. The third-order valence-corrected chi connectivity index (χ3v) is 5.74. The molecule has 27 heavy (non-hydrogen) atoms. The number of benzene rings is 1. The molecule has 0 spiro atoms. The molecular formula is C21H20N2O4. The Morgan fingerprint density at radius 3 is 2.63 bits per heavy atom. The molecule has 1 aromatic heterocycles. The highest BCUT2D eigenvalue weighted by Crippen LogP contribution is 2.47. The highest BCUT2D eigenvalue weighted by atomic mass is 16.5. The van der Waals surface area contributed by atoms with E-state index in [2.05, 4.69) is 5.16 Å². The fourth-order valence-electron chi connectivity index (χ4n) is 4.50. The zero-order valence-electron chi connectivity index (χ0n) is 15.1. The lowest BCUT2D eigenvalue weighted by Gasteiger charge is -2.35. The summed E-state index contributed by atoms with van der Waals surface area (Å²) in [5.74, 6) is 0.777. The monoisotopic (exact) mass is 364 g/mol. The van der Waals surface area contributed by atoms with Crippen molar-refractivity contribution in [3.8, 4) is 0 Å². The SMILES string of the molecule is Cc1cc(N2C(=O)C3=C(C(=O)C4CCCCC4O3)C2c2ccccc2)no1. The fourth-order valence-corrected chi connectivity index (χ4v) is 4.50. The number of rotatable bonds is 2. The maximum atomic E-state index is 13.4. The van der Waals surface area contributed by atoms with Crippen molar-refractivity contribution in [3.05, 3.63) is 59.1 Å². The third-order valence-electron chi connectivity index (χ3n) is 5.74. The van der Waals surface area contributed by atoms with Crippen LogP contribution in [0.4, 0.5) is 5.82 Å². The molecule has 3 aliphatic rings. The number of anilines is 1. The van der Waals surface area contributed by atoms with Gasteiger partial charge in [-0.15, -0.1) is 0 Å². The second-order valence-electron chi connectivity index (χ2n) is 7.44. The number of nitrogens with zero attached hydrogens (tertiary/aromatic N) is 2. The molecule has 0 N–H and O–H groups in total. The van der Waals surface area contributed by atoms with Gasteiger partial charge in [0.15, 0.2) is 17.4 Å². The van der Waals surface area contributed by atoms with Gasteiger partial charge in [-0.2, -0.15) is 0 Å². The number of Topliss-reactive ketones (excluding diaryl/α,β-unsaturated/α-hetero) is 1. The number of fused-ring (bicyclic) bond motifs is 1. The molecule has 5 rings (SSSR count). The van der Waals surface area contributed by atoms with Gasteiger partial charge in [0.05, 0.1) is 17.5 Å². The van der Waals surface area contributed by atoms with Gasteiger partial charge in [-0.3, -0.25) is 14.5 Å². The van der Waals surface area contributed by atoms with Crippen LogP contribution in [0, 0.1) is 12.8 Å². The maximum Gasteiger partial charge on any atom is 0.295 e. The van der Waals surface area contributed by atoms with Crippen LogP contribution in [0.1, 0.15) is 43.0 Å². The van der Waals surface area contributed by atoms with Crippen molar-refractivity contribution in [3.63, 3.8) is 0 Å². The van der Waals surface area contributed by atoms with Crippen LogP contribution in [0.3, 0.4) is 0 Å². The number of amides is 1. The van der Waals surface area contributed by atoms with E-state index in [0.717, 1.165) is 31.2 Å². The molecule has 1 fully saturated rings. The molecule has 6 heteroatoms. The summed E-state index contributed by atoms with van der Waals surface area (Å²) in [5, 5.41) is 4.03. The zero-order valence-corrected chi connectivity index (χ0v) is 15.1. The van der Waals surface area contributed by atoms with Crippen molar-refractivity contribution in [2.75, 3.05) is 4.90 Å². The summed E-state index contributed by atoms with van der Waals surface area (Å²) < 4.78 is 11.3. The molecule has 1 aromatic carbocycles. The minimum atomic E-state index is -0.534.